The van der Waals surface area contributed by atoms with Gasteiger partial charge in [-0.3, -0.25) is 4.79 Å². The normalized spacial score (nSPS) is 15.3. The summed E-state index contributed by atoms with van der Waals surface area (Å²) in [6.07, 6.45) is 7.69. The molecule has 1 atom stereocenters. The second-order valence-electron chi connectivity index (χ2n) is 7.25. The highest BCUT2D eigenvalue weighted by atomic mass is 19.1. The number of likely N-dealkylation sites (tertiary alicyclic amines) is 1. The molecule has 3 rings (SSSR count). The minimum absolute atomic E-state index is 0.231. The molecule has 0 saturated carbocycles. The number of amides is 1. The van der Waals surface area contributed by atoms with Crippen LogP contribution in [0.3, 0.4) is 0 Å². The van der Waals surface area contributed by atoms with Gasteiger partial charge in [0.15, 0.2) is 0 Å². The summed E-state index contributed by atoms with van der Waals surface area (Å²) in [4.78, 5) is 12.9. The van der Waals surface area contributed by atoms with Crippen LogP contribution in [0, 0.1) is 19.7 Å². The number of aryl methyl sites for hydroxylation is 3. The summed E-state index contributed by atoms with van der Waals surface area (Å²) in [5.74, 6) is -0.231. The number of carbonyl (C=O) groups excluding carboxylic acids is 1. The van der Waals surface area contributed by atoms with E-state index < -0.39 is 0 Å². The number of benzene rings is 2. The maximum Gasteiger partial charge on any atom is 0.209 e. The van der Waals surface area contributed by atoms with Gasteiger partial charge in [-0.25, -0.2) is 4.39 Å². The second-order valence-corrected chi connectivity index (χ2v) is 7.25. The Kier molecular flexibility index (Phi) is 11.6. The zero-order valence-electron chi connectivity index (χ0n) is 18.5. The first kappa shape index (κ1) is 24.6. The Balaban J connectivity index is 0.000000351. The van der Waals surface area contributed by atoms with Gasteiger partial charge in [0.2, 0.25) is 6.41 Å². The molecule has 29 heavy (non-hydrogen) atoms. The van der Waals surface area contributed by atoms with Crippen molar-refractivity contribution in [2.24, 2.45) is 0 Å². The molecule has 1 saturated heterocycles. The van der Waals surface area contributed by atoms with Crippen molar-refractivity contribution in [2.45, 2.75) is 65.8 Å². The largest absolute Gasteiger partial charge is 0.342 e. The molecular formula is C26H36FNO. The van der Waals surface area contributed by atoms with Gasteiger partial charge in [-0.1, -0.05) is 68.0 Å². The number of carbonyl (C=O) groups is 1. The fraction of sp³-hybridized carbons (Fsp3) is 0.423. The van der Waals surface area contributed by atoms with Gasteiger partial charge in [0.25, 0.3) is 0 Å². The molecule has 0 N–H and O–H groups in total. The molecule has 158 valence electrons. The smallest absolute Gasteiger partial charge is 0.209 e. The average Bonchev–Trinajstić information content (AvgIpc) is 2.77. The molecule has 1 fully saturated rings. The first-order valence-corrected chi connectivity index (χ1v) is 10.7. The van der Waals surface area contributed by atoms with E-state index in [1.165, 1.54) is 29.7 Å². The van der Waals surface area contributed by atoms with E-state index in [2.05, 4.69) is 44.7 Å². The first-order valence-electron chi connectivity index (χ1n) is 10.7. The monoisotopic (exact) mass is 397 g/mol. The fourth-order valence-corrected chi connectivity index (χ4v) is 3.35. The number of rotatable bonds is 5. The number of nitrogens with zero attached hydrogens (tertiary/aromatic N) is 1. The summed E-state index contributed by atoms with van der Waals surface area (Å²) in [5.41, 5.74) is 4.31. The molecule has 1 aliphatic rings. The zero-order chi connectivity index (χ0) is 21.6. The lowest BCUT2D eigenvalue weighted by molar-refractivity contribution is -0.121. The number of hydrogen-bond acceptors (Lipinski definition) is 1. The van der Waals surface area contributed by atoms with Gasteiger partial charge in [0.05, 0.1) is 0 Å². The quantitative estimate of drug-likeness (QED) is 0.512. The Morgan fingerprint density at radius 3 is 2.24 bits per heavy atom. The molecule has 1 aliphatic heterocycles. The highest BCUT2D eigenvalue weighted by molar-refractivity contribution is 5.49. The van der Waals surface area contributed by atoms with Crippen molar-refractivity contribution in [2.75, 3.05) is 6.54 Å². The number of piperidine rings is 1. The summed E-state index contributed by atoms with van der Waals surface area (Å²) in [5, 5.41) is 0. The van der Waals surface area contributed by atoms with Crippen molar-refractivity contribution in [1.82, 2.24) is 4.90 Å². The van der Waals surface area contributed by atoms with Gasteiger partial charge in [-0.05, 0) is 63.6 Å². The molecule has 0 aromatic heterocycles. The van der Waals surface area contributed by atoms with E-state index in [1.807, 2.05) is 30.9 Å². The highest BCUT2D eigenvalue weighted by Crippen LogP contribution is 2.21. The average molecular weight is 398 g/mol. The Labute approximate surface area is 176 Å². The molecule has 0 aliphatic carbocycles. The Morgan fingerprint density at radius 2 is 1.69 bits per heavy atom. The topological polar surface area (TPSA) is 20.3 Å². The Bertz CT molecular complexity index is 718. The summed E-state index contributed by atoms with van der Waals surface area (Å²) >= 11 is 0. The van der Waals surface area contributed by atoms with Crippen LogP contribution < -0.4 is 0 Å². The van der Waals surface area contributed by atoms with Gasteiger partial charge >= 0.3 is 0 Å². The summed E-state index contributed by atoms with van der Waals surface area (Å²) < 4.78 is 13.4. The van der Waals surface area contributed by atoms with Crippen LogP contribution in [0.2, 0.25) is 0 Å². The molecule has 0 spiro atoms. The lowest BCUT2D eigenvalue weighted by Gasteiger charge is -2.32. The molecule has 0 bridgehead atoms. The zero-order valence-corrected chi connectivity index (χ0v) is 18.5. The van der Waals surface area contributed by atoms with Crippen molar-refractivity contribution >= 4 is 12.5 Å². The van der Waals surface area contributed by atoms with Gasteiger partial charge < -0.3 is 4.90 Å². The van der Waals surface area contributed by atoms with E-state index in [0.717, 1.165) is 44.2 Å². The third-order valence-electron chi connectivity index (χ3n) is 5.07. The lowest BCUT2D eigenvalue weighted by Crippen LogP contribution is -2.38. The van der Waals surface area contributed by atoms with Crippen LogP contribution >= 0.6 is 0 Å². The molecule has 2 aromatic rings. The van der Waals surface area contributed by atoms with Crippen molar-refractivity contribution in [1.29, 1.82) is 0 Å². The lowest BCUT2D eigenvalue weighted by atomic mass is 9.96. The fourth-order valence-electron chi connectivity index (χ4n) is 3.35. The highest BCUT2D eigenvalue weighted by Gasteiger charge is 2.20. The van der Waals surface area contributed by atoms with Crippen molar-refractivity contribution < 1.29 is 9.18 Å². The second kappa shape index (κ2) is 13.7. The van der Waals surface area contributed by atoms with Crippen molar-refractivity contribution in [3.8, 4) is 0 Å². The SMILES string of the molecule is C=Cc1cc(CCC2CCCCN2C=O)ccc1F.CC.Cc1ccc(C)cc1. The van der Waals surface area contributed by atoms with E-state index in [1.54, 1.807) is 0 Å². The van der Waals surface area contributed by atoms with E-state index in [-0.39, 0.29) is 5.82 Å². The van der Waals surface area contributed by atoms with Crippen LogP contribution in [0.15, 0.2) is 49.0 Å². The Hall–Kier alpha value is -2.42. The molecule has 3 heteroatoms. The molecule has 2 aromatic carbocycles. The predicted octanol–water partition coefficient (Wildman–Crippen LogP) is 6.74. The first-order chi connectivity index (χ1) is 14.0. The third kappa shape index (κ3) is 8.64. The van der Waals surface area contributed by atoms with Crippen LogP contribution in [0.4, 0.5) is 4.39 Å². The maximum absolute atomic E-state index is 13.4. The van der Waals surface area contributed by atoms with Crippen molar-refractivity contribution in [3.05, 3.63) is 77.1 Å². The third-order valence-corrected chi connectivity index (χ3v) is 5.07. The predicted molar refractivity (Wildman–Crippen MR) is 122 cm³/mol. The minimum atomic E-state index is -0.231. The molecule has 2 nitrogen and oxygen atoms in total. The van der Waals surface area contributed by atoms with Crippen LogP contribution in [-0.4, -0.2) is 23.9 Å². The van der Waals surface area contributed by atoms with Crippen LogP contribution in [0.5, 0.6) is 0 Å². The van der Waals surface area contributed by atoms with E-state index >= 15 is 0 Å². The van der Waals surface area contributed by atoms with Crippen LogP contribution in [0.1, 0.15) is 61.8 Å². The number of hydrogen-bond donors (Lipinski definition) is 0. The maximum atomic E-state index is 13.4. The molecule has 1 heterocycles. The summed E-state index contributed by atoms with van der Waals surface area (Å²) in [6, 6.07) is 14.0. The van der Waals surface area contributed by atoms with Gasteiger partial charge in [0.1, 0.15) is 5.82 Å². The molecule has 0 radical (unpaired) electrons. The van der Waals surface area contributed by atoms with Crippen LogP contribution in [0.25, 0.3) is 6.08 Å². The summed E-state index contributed by atoms with van der Waals surface area (Å²) in [7, 11) is 0. The van der Waals surface area contributed by atoms with E-state index in [9.17, 15) is 9.18 Å². The van der Waals surface area contributed by atoms with E-state index in [0.29, 0.717) is 11.6 Å². The standard InChI is InChI=1S/C16H20FNO.C8H10.C2H6/c1-2-14-11-13(7-9-16(14)17)6-8-15-5-3-4-10-18(15)12-19;1-7-3-5-8(2)6-4-7;1-2/h2,7,9,11-12,15H,1,3-6,8,10H2;3-6H,1-2H3;1-2H3. The van der Waals surface area contributed by atoms with Crippen LogP contribution in [-0.2, 0) is 11.2 Å². The Morgan fingerprint density at radius 1 is 1.07 bits per heavy atom. The summed E-state index contributed by atoms with van der Waals surface area (Å²) in [6.45, 7) is 12.7. The van der Waals surface area contributed by atoms with Gasteiger partial charge in [-0.15, -0.1) is 0 Å². The van der Waals surface area contributed by atoms with Gasteiger partial charge in [-0.2, -0.15) is 0 Å². The minimum Gasteiger partial charge on any atom is -0.342 e. The van der Waals surface area contributed by atoms with E-state index in [4.69, 9.17) is 0 Å². The molecular weight excluding hydrogens is 361 g/mol. The number of halogens is 1. The van der Waals surface area contributed by atoms with Crippen molar-refractivity contribution in [3.63, 3.8) is 0 Å². The molecule has 1 amide bonds. The van der Waals surface area contributed by atoms with Gasteiger partial charge in [0, 0.05) is 18.2 Å². The molecule has 1 unspecified atom stereocenters.